The van der Waals surface area contributed by atoms with Gasteiger partial charge in [-0.1, -0.05) is 11.6 Å². The lowest BCUT2D eigenvalue weighted by molar-refractivity contribution is 0.289. The molecule has 1 aromatic rings. The smallest absolute Gasteiger partial charge is 0.165 e. The zero-order valence-electron chi connectivity index (χ0n) is 10.5. The zero-order valence-corrected chi connectivity index (χ0v) is 12.1. The van der Waals surface area contributed by atoms with Crippen molar-refractivity contribution < 1.29 is 14.6 Å². The molecule has 104 valence electrons. The number of aliphatic hydroxyl groups is 1. The molecule has 0 amide bonds. The van der Waals surface area contributed by atoms with Gasteiger partial charge in [-0.15, -0.1) is 12.4 Å². The van der Waals surface area contributed by atoms with Crippen molar-refractivity contribution in [2.24, 2.45) is 0 Å². The SMILES string of the molecule is CCOc1c(CNCCO)cc(Cl)cc1OC.Cl. The van der Waals surface area contributed by atoms with Gasteiger partial charge >= 0.3 is 0 Å². The van der Waals surface area contributed by atoms with Crippen LogP contribution in [-0.2, 0) is 6.54 Å². The summed E-state index contributed by atoms with van der Waals surface area (Å²) >= 11 is 6.00. The summed E-state index contributed by atoms with van der Waals surface area (Å²) in [5.41, 5.74) is 0.921. The van der Waals surface area contributed by atoms with Crippen LogP contribution in [0, 0.1) is 0 Å². The molecule has 2 N–H and O–H groups in total. The average molecular weight is 296 g/mol. The van der Waals surface area contributed by atoms with Gasteiger partial charge in [0.25, 0.3) is 0 Å². The largest absolute Gasteiger partial charge is 0.493 e. The van der Waals surface area contributed by atoms with Gasteiger partial charge in [0.15, 0.2) is 11.5 Å². The quantitative estimate of drug-likeness (QED) is 0.758. The van der Waals surface area contributed by atoms with Gasteiger partial charge in [0.1, 0.15) is 0 Å². The summed E-state index contributed by atoms with van der Waals surface area (Å²) in [7, 11) is 1.58. The Morgan fingerprint density at radius 1 is 1.39 bits per heavy atom. The first-order chi connectivity index (χ1) is 8.22. The third-order valence-electron chi connectivity index (χ3n) is 2.21. The van der Waals surface area contributed by atoms with E-state index >= 15 is 0 Å². The molecule has 1 aromatic carbocycles. The Kier molecular flexibility index (Phi) is 8.93. The molecule has 0 radical (unpaired) electrons. The van der Waals surface area contributed by atoms with Crippen LogP contribution < -0.4 is 14.8 Å². The maximum Gasteiger partial charge on any atom is 0.165 e. The lowest BCUT2D eigenvalue weighted by atomic mass is 10.2. The number of nitrogens with one attached hydrogen (secondary N) is 1. The third-order valence-corrected chi connectivity index (χ3v) is 2.43. The number of ether oxygens (including phenoxy) is 2. The number of halogens is 2. The lowest BCUT2D eigenvalue weighted by Crippen LogP contribution is -2.18. The van der Waals surface area contributed by atoms with Gasteiger partial charge in [-0.25, -0.2) is 0 Å². The summed E-state index contributed by atoms with van der Waals surface area (Å²) in [5.74, 6) is 1.32. The highest BCUT2D eigenvalue weighted by Crippen LogP contribution is 2.34. The number of hydrogen-bond donors (Lipinski definition) is 2. The van der Waals surface area contributed by atoms with Gasteiger partial charge in [-0.05, 0) is 13.0 Å². The fraction of sp³-hybridized carbons (Fsp3) is 0.500. The van der Waals surface area contributed by atoms with Crippen LogP contribution in [0.15, 0.2) is 12.1 Å². The van der Waals surface area contributed by atoms with Gasteiger partial charge in [-0.2, -0.15) is 0 Å². The summed E-state index contributed by atoms with van der Waals surface area (Å²) in [6, 6.07) is 3.56. The normalized spacial score (nSPS) is 9.78. The number of aliphatic hydroxyl groups excluding tert-OH is 1. The summed E-state index contributed by atoms with van der Waals surface area (Å²) in [4.78, 5) is 0. The molecular formula is C12H19Cl2NO3. The van der Waals surface area contributed by atoms with Crippen LogP contribution in [0.4, 0.5) is 0 Å². The van der Waals surface area contributed by atoms with E-state index in [1.165, 1.54) is 0 Å². The molecule has 4 nitrogen and oxygen atoms in total. The van der Waals surface area contributed by atoms with Gasteiger partial charge in [0.2, 0.25) is 0 Å². The Bertz CT molecular complexity index is 361. The molecule has 6 heteroatoms. The van der Waals surface area contributed by atoms with Crippen LogP contribution in [0.25, 0.3) is 0 Å². The average Bonchev–Trinajstić information content (AvgIpc) is 2.32. The van der Waals surface area contributed by atoms with E-state index in [9.17, 15) is 0 Å². The van der Waals surface area contributed by atoms with Crippen molar-refractivity contribution in [3.8, 4) is 11.5 Å². The van der Waals surface area contributed by atoms with Crippen LogP contribution in [0.1, 0.15) is 12.5 Å². The van der Waals surface area contributed by atoms with E-state index < -0.39 is 0 Å². The lowest BCUT2D eigenvalue weighted by Gasteiger charge is -2.15. The van der Waals surface area contributed by atoms with Crippen molar-refractivity contribution in [1.29, 1.82) is 0 Å². The molecule has 0 aliphatic carbocycles. The van der Waals surface area contributed by atoms with Crippen molar-refractivity contribution in [2.45, 2.75) is 13.5 Å². The summed E-state index contributed by atoms with van der Waals surface area (Å²) < 4.78 is 10.8. The molecule has 0 heterocycles. The van der Waals surface area contributed by atoms with E-state index in [2.05, 4.69) is 5.32 Å². The molecule has 0 saturated heterocycles. The Hall–Kier alpha value is -0.680. The van der Waals surface area contributed by atoms with Crippen LogP contribution in [-0.4, -0.2) is 32.0 Å². The second-order valence-electron chi connectivity index (χ2n) is 3.43. The fourth-order valence-corrected chi connectivity index (χ4v) is 1.75. The minimum Gasteiger partial charge on any atom is -0.493 e. The molecule has 0 aliphatic rings. The number of methoxy groups -OCH3 is 1. The molecule has 0 saturated carbocycles. The number of benzene rings is 1. The van der Waals surface area contributed by atoms with E-state index in [1.54, 1.807) is 13.2 Å². The first-order valence-corrected chi connectivity index (χ1v) is 5.91. The van der Waals surface area contributed by atoms with E-state index in [0.717, 1.165) is 5.56 Å². The molecule has 0 fully saturated rings. The monoisotopic (exact) mass is 295 g/mol. The number of rotatable bonds is 7. The molecule has 0 spiro atoms. The van der Waals surface area contributed by atoms with Crippen LogP contribution in [0.5, 0.6) is 11.5 Å². The highest BCUT2D eigenvalue weighted by molar-refractivity contribution is 6.30. The van der Waals surface area contributed by atoms with Gasteiger partial charge in [0.05, 0.1) is 20.3 Å². The Morgan fingerprint density at radius 3 is 2.67 bits per heavy atom. The minimum atomic E-state index is 0. The Balaban J connectivity index is 0.00000289. The second-order valence-corrected chi connectivity index (χ2v) is 3.87. The maximum atomic E-state index is 8.73. The van der Waals surface area contributed by atoms with Gasteiger partial charge < -0.3 is 19.9 Å². The highest BCUT2D eigenvalue weighted by atomic mass is 35.5. The van der Waals surface area contributed by atoms with Crippen molar-refractivity contribution in [2.75, 3.05) is 26.9 Å². The van der Waals surface area contributed by atoms with Crippen LogP contribution in [0.3, 0.4) is 0 Å². The van der Waals surface area contributed by atoms with Crippen molar-refractivity contribution in [3.63, 3.8) is 0 Å². The molecule has 0 bridgehead atoms. The van der Waals surface area contributed by atoms with Crippen molar-refractivity contribution in [1.82, 2.24) is 5.32 Å². The topological polar surface area (TPSA) is 50.7 Å². The van der Waals surface area contributed by atoms with Crippen LogP contribution >= 0.6 is 24.0 Å². The Labute approximate surface area is 119 Å². The van der Waals surface area contributed by atoms with E-state index in [1.807, 2.05) is 13.0 Å². The van der Waals surface area contributed by atoms with Crippen molar-refractivity contribution >= 4 is 24.0 Å². The van der Waals surface area contributed by atoms with Gasteiger partial charge in [0, 0.05) is 29.7 Å². The number of hydrogen-bond acceptors (Lipinski definition) is 4. The molecular weight excluding hydrogens is 277 g/mol. The zero-order chi connectivity index (χ0) is 12.7. The molecule has 18 heavy (non-hydrogen) atoms. The molecule has 0 atom stereocenters. The third kappa shape index (κ3) is 4.90. The maximum absolute atomic E-state index is 8.73. The Morgan fingerprint density at radius 2 is 2.11 bits per heavy atom. The summed E-state index contributed by atoms with van der Waals surface area (Å²) in [6.45, 7) is 3.68. The molecule has 0 aliphatic heterocycles. The summed E-state index contributed by atoms with van der Waals surface area (Å²) in [6.07, 6.45) is 0. The second kappa shape index (κ2) is 9.28. The highest BCUT2D eigenvalue weighted by Gasteiger charge is 2.12. The van der Waals surface area contributed by atoms with E-state index in [0.29, 0.717) is 36.2 Å². The van der Waals surface area contributed by atoms with E-state index in [-0.39, 0.29) is 19.0 Å². The van der Waals surface area contributed by atoms with Crippen LogP contribution in [0.2, 0.25) is 5.02 Å². The minimum absolute atomic E-state index is 0. The predicted molar refractivity (Wildman–Crippen MR) is 75.2 cm³/mol. The molecule has 1 rings (SSSR count). The fourth-order valence-electron chi connectivity index (χ4n) is 1.52. The molecule has 0 aromatic heterocycles. The van der Waals surface area contributed by atoms with Gasteiger partial charge in [-0.3, -0.25) is 0 Å². The standard InChI is InChI=1S/C12H18ClNO3.ClH/c1-3-17-12-9(8-14-4-5-15)6-10(13)7-11(12)16-2;/h6-7,14-15H,3-5,8H2,1-2H3;1H. The summed E-state index contributed by atoms with van der Waals surface area (Å²) in [5, 5.41) is 12.4. The van der Waals surface area contributed by atoms with Crippen molar-refractivity contribution in [3.05, 3.63) is 22.7 Å². The first kappa shape index (κ1) is 17.3. The molecule has 0 unspecified atom stereocenters. The first-order valence-electron chi connectivity index (χ1n) is 5.53. The van der Waals surface area contributed by atoms with E-state index in [4.69, 9.17) is 26.2 Å². The predicted octanol–water partition coefficient (Wildman–Crippen LogP) is 2.25.